The Morgan fingerprint density at radius 1 is 0.825 bits per heavy atom. The number of nitrogens with one attached hydrogen (secondary N) is 3. The van der Waals surface area contributed by atoms with E-state index in [2.05, 4.69) is 90.3 Å². The quantitative estimate of drug-likeness (QED) is 0.109. The first-order chi connectivity index (χ1) is 30.6. The van der Waals surface area contributed by atoms with Crippen LogP contribution in [0.4, 0.5) is 34.5 Å². The van der Waals surface area contributed by atoms with Gasteiger partial charge in [-0.15, -0.1) is 0 Å². The molecule has 5 aliphatic rings. The minimum absolute atomic E-state index is 0.111. The van der Waals surface area contributed by atoms with E-state index in [0.29, 0.717) is 47.3 Å². The number of carbonyl (C=O) groups is 3. The maximum absolute atomic E-state index is 13.4. The molecule has 4 fully saturated rings. The van der Waals surface area contributed by atoms with Crippen LogP contribution in [0.1, 0.15) is 54.4 Å². The monoisotopic (exact) mass is 892 g/mol. The summed E-state index contributed by atoms with van der Waals surface area (Å²) in [6.07, 6.45) is 6.95. The number of halogens is 1. The van der Waals surface area contributed by atoms with Gasteiger partial charge in [-0.25, -0.2) is 4.98 Å². The highest BCUT2D eigenvalue weighted by Crippen LogP contribution is 2.36. The number of likely N-dealkylation sites (tertiary alicyclic amines) is 1. The van der Waals surface area contributed by atoms with E-state index in [-0.39, 0.29) is 32.1 Å². The third-order valence-corrected chi connectivity index (χ3v) is 15.2. The Bertz CT molecular complexity index is 2330. The number of methoxy groups -OCH3 is 1. The fraction of sp³-hybridized carbons (Fsp3) is 0.468. The molecule has 0 radical (unpaired) electrons. The average molecular weight is 893 g/mol. The molecule has 332 valence electrons. The molecule has 4 saturated heterocycles. The van der Waals surface area contributed by atoms with Crippen LogP contribution in [0.3, 0.4) is 0 Å². The van der Waals surface area contributed by atoms with Crippen molar-refractivity contribution < 1.29 is 19.1 Å². The highest BCUT2D eigenvalue weighted by Gasteiger charge is 2.39. The topological polar surface area (TPSA) is 139 Å². The summed E-state index contributed by atoms with van der Waals surface area (Å²) in [6, 6.07) is 20.8. The lowest BCUT2D eigenvalue weighted by atomic mass is 9.94. The van der Waals surface area contributed by atoms with E-state index < -0.39 is 6.04 Å². The van der Waals surface area contributed by atoms with Gasteiger partial charge in [0.25, 0.3) is 5.91 Å². The molecular weight excluding hydrogens is 835 g/mol. The maximum atomic E-state index is 13.4. The maximum Gasteiger partial charge on any atom is 0.255 e. The number of fused-ring (bicyclic) bond motifs is 1. The molecule has 5 aliphatic heterocycles. The van der Waals surface area contributed by atoms with Crippen molar-refractivity contribution in [2.45, 2.75) is 57.2 Å². The number of imide groups is 1. The van der Waals surface area contributed by atoms with Crippen LogP contribution in [0.5, 0.6) is 5.75 Å². The predicted molar refractivity (Wildman–Crippen MR) is 252 cm³/mol. The second-order valence-electron chi connectivity index (χ2n) is 17.7. The molecular formula is C47H58ClN10O4P. The van der Waals surface area contributed by atoms with Gasteiger partial charge in [0.05, 0.1) is 19.0 Å². The second-order valence-corrected chi connectivity index (χ2v) is 20.3. The lowest BCUT2D eigenvalue weighted by Crippen LogP contribution is -2.53. The van der Waals surface area contributed by atoms with E-state index in [9.17, 15) is 14.4 Å². The number of ether oxygens (including phenoxy) is 1. The Balaban J connectivity index is 0.717. The molecule has 3 aromatic carbocycles. The Hall–Kier alpha value is -5.01. The standard InChI is InChI=1S/C47H58ClN10O4P/c1-62-41-27-35(10-11-38(41)51-47-49-28-37(48)44(53-47)50-39-6-4-5-7-42(39)63(2)3)57-24-22-56(23-25-57)33-16-18-54(19-17-33)29-31-14-20-55(21-15-31)34-9-8-32-30-58(46(61)36(32)26-34)40-12-13-43(59)52-45(40)60/h4-11,26-28,31,33,40H,12-25,29-30H2,1-3H3,(H,52,59,60)(H2,49,50,51,53). The number of aromatic nitrogens is 2. The average Bonchev–Trinajstić information content (AvgIpc) is 3.63. The number of hydrogen-bond donors (Lipinski definition) is 3. The van der Waals surface area contributed by atoms with Gasteiger partial charge in [0.1, 0.15) is 16.8 Å². The Labute approximate surface area is 376 Å². The number of nitrogens with zero attached hydrogens (tertiary/aromatic N) is 7. The lowest BCUT2D eigenvalue weighted by molar-refractivity contribution is -0.136. The molecule has 4 aromatic rings. The van der Waals surface area contributed by atoms with Crippen LogP contribution in [0, 0.1) is 5.92 Å². The highest BCUT2D eigenvalue weighted by atomic mass is 35.5. The van der Waals surface area contributed by atoms with Crippen LogP contribution in [-0.2, 0) is 16.1 Å². The number of anilines is 6. The van der Waals surface area contributed by atoms with Gasteiger partial charge in [-0.3, -0.25) is 24.6 Å². The van der Waals surface area contributed by atoms with Crippen molar-refractivity contribution in [2.75, 3.05) is 99.8 Å². The highest BCUT2D eigenvalue weighted by molar-refractivity contribution is 7.64. The molecule has 63 heavy (non-hydrogen) atoms. The molecule has 3 N–H and O–H groups in total. The molecule has 1 aromatic heterocycles. The minimum Gasteiger partial charge on any atom is -0.494 e. The number of piperazine rings is 1. The fourth-order valence-corrected chi connectivity index (χ4v) is 11.1. The van der Waals surface area contributed by atoms with E-state index in [1.165, 1.54) is 18.1 Å². The summed E-state index contributed by atoms with van der Waals surface area (Å²) in [4.78, 5) is 58.6. The van der Waals surface area contributed by atoms with Crippen molar-refractivity contribution in [1.82, 2.24) is 30.0 Å². The summed E-state index contributed by atoms with van der Waals surface area (Å²) in [5, 5.41) is 10.9. The van der Waals surface area contributed by atoms with Gasteiger partial charge in [0.2, 0.25) is 17.8 Å². The molecule has 3 amide bonds. The van der Waals surface area contributed by atoms with Gasteiger partial charge >= 0.3 is 0 Å². The Morgan fingerprint density at radius 2 is 1.56 bits per heavy atom. The normalized spacial score (nSPS) is 20.6. The Morgan fingerprint density at radius 3 is 2.30 bits per heavy atom. The zero-order valence-corrected chi connectivity index (χ0v) is 38.1. The third-order valence-electron chi connectivity index (χ3n) is 13.6. The molecule has 9 rings (SSSR count). The second kappa shape index (κ2) is 19.0. The number of piperidine rings is 3. The predicted octanol–water partition coefficient (Wildman–Crippen LogP) is 6.26. The van der Waals surface area contributed by atoms with Crippen LogP contribution in [0.2, 0.25) is 5.02 Å². The van der Waals surface area contributed by atoms with Crippen molar-refractivity contribution >= 4 is 77.1 Å². The third kappa shape index (κ3) is 9.60. The Kier molecular flexibility index (Phi) is 13.0. The summed E-state index contributed by atoms with van der Waals surface area (Å²) < 4.78 is 5.86. The van der Waals surface area contributed by atoms with Gasteiger partial charge in [0.15, 0.2) is 5.82 Å². The number of amides is 3. The number of carbonyl (C=O) groups excluding carboxylic acids is 3. The molecule has 14 nitrogen and oxygen atoms in total. The minimum atomic E-state index is -0.586. The largest absolute Gasteiger partial charge is 0.494 e. The van der Waals surface area contributed by atoms with Crippen LogP contribution >= 0.6 is 19.5 Å². The summed E-state index contributed by atoms with van der Waals surface area (Å²) >= 11 is 6.54. The molecule has 6 heterocycles. The summed E-state index contributed by atoms with van der Waals surface area (Å²) in [5.74, 6) is 1.63. The van der Waals surface area contributed by atoms with Crippen LogP contribution in [-0.4, -0.2) is 134 Å². The number of benzene rings is 3. The molecule has 0 aliphatic carbocycles. The summed E-state index contributed by atoms with van der Waals surface area (Å²) in [6.45, 7) is 14.3. The fourth-order valence-electron chi connectivity index (χ4n) is 10.0. The van der Waals surface area contributed by atoms with E-state index in [0.717, 1.165) is 106 Å². The van der Waals surface area contributed by atoms with E-state index in [1.54, 1.807) is 18.2 Å². The lowest BCUT2D eigenvalue weighted by Gasteiger charge is -2.44. The van der Waals surface area contributed by atoms with Gasteiger partial charge in [-0.1, -0.05) is 43.8 Å². The van der Waals surface area contributed by atoms with E-state index >= 15 is 0 Å². The van der Waals surface area contributed by atoms with Crippen LogP contribution in [0.25, 0.3) is 0 Å². The first kappa shape index (κ1) is 43.3. The molecule has 1 unspecified atom stereocenters. The first-order valence-corrected chi connectivity index (χ1v) is 25.0. The van der Waals surface area contributed by atoms with E-state index in [1.807, 2.05) is 24.3 Å². The molecule has 0 saturated carbocycles. The van der Waals surface area contributed by atoms with E-state index in [4.69, 9.17) is 21.3 Å². The summed E-state index contributed by atoms with van der Waals surface area (Å²) in [7, 11) is 1.38. The zero-order valence-electron chi connectivity index (χ0n) is 36.5. The van der Waals surface area contributed by atoms with Gasteiger partial charge in [0, 0.05) is 93.5 Å². The van der Waals surface area contributed by atoms with Gasteiger partial charge in [-0.05, 0) is 106 Å². The number of para-hydroxylation sites is 1. The van der Waals surface area contributed by atoms with Crippen molar-refractivity contribution in [3.63, 3.8) is 0 Å². The van der Waals surface area contributed by atoms with Crippen molar-refractivity contribution in [1.29, 1.82) is 0 Å². The van der Waals surface area contributed by atoms with Gasteiger partial charge < -0.3 is 35.0 Å². The van der Waals surface area contributed by atoms with Crippen molar-refractivity contribution in [3.05, 3.63) is 83.0 Å². The van der Waals surface area contributed by atoms with Gasteiger partial charge in [-0.2, -0.15) is 4.98 Å². The molecule has 0 spiro atoms. The SMILES string of the molecule is COc1cc(N2CCN(C3CCN(CC4CCN(c5ccc6c(c5)C(=O)N(C5CCC(=O)NC5=O)C6)CC4)CC3)CC2)ccc1Nc1ncc(Cl)c(Nc2ccccc2P(C)C)n1. The molecule has 1 atom stereocenters. The molecule has 0 bridgehead atoms. The first-order valence-electron chi connectivity index (χ1n) is 22.3. The van der Waals surface area contributed by atoms with Crippen LogP contribution in [0.15, 0.2) is 66.9 Å². The van der Waals surface area contributed by atoms with Crippen molar-refractivity contribution in [2.24, 2.45) is 5.92 Å². The number of rotatable bonds is 12. The van der Waals surface area contributed by atoms with Crippen LogP contribution < -0.4 is 35.8 Å². The summed E-state index contributed by atoms with van der Waals surface area (Å²) in [5.41, 5.74) is 5.64. The molecule has 16 heteroatoms. The van der Waals surface area contributed by atoms with Crippen molar-refractivity contribution in [3.8, 4) is 5.75 Å². The zero-order chi connectivity index (χ0) is 43.6. The number of hydrogen-bond acceptors (Lipinski definition) is 12. The smallest absolute Gasteiger partial charge is 0.255 e.